The van der Waals surface area contributed by atoms with Gasteiger partial charge in [-0.2, -0.15) is 0 Å². The Balaban J connectivity index is 1.64. The summed E-state index contributed by atoms with van der Waals surface area (Å²) in [6, 6.07) is 10.7. The molecule has 6 nitrogen and oxygen atoms in total. The van der Waals surface area contributed by atoms with Crippen molar-refractivity contribution in [3.63, 3.8) is 0 Å². The van der Waals surface area contributed by atoms with Gasteiger partial charge in [0.05, 0.1) is 11.2 Å². The number of carbonyl (C=O) groups is 2. The average molecular weight is 374 g/mol. The van der Waals surface area contributed by atoms with Gasteiger partial charge in [-0.3, -0.25) is 9.78 Å². The van der Waals surface area contributed by atoms with Gasteiger partial charge >= 0.3 is 5.97 Å². The van der Waals surface area contributed by atoms with Gasteiger partial charge in [-0.25, -0.2) is 4.79 Å². The van der Waals surface area contributed by atoms with Gasteiger partial charge in [-0.1, -0.05) is 6.07 Å². The van der Waals surface area contributed by atoms with Crippen molar-refractivity contribution >= 4 is 44.4 Å². The van der Waals surface area contributed by atoms with Gasteiger partial charge < -0.3 is 15.0 Å². The van der Waals surface area contributed by atoms with E-state index < -0.39 is 11.9 Å². The van der Waals surface area contributed by atoms with Gasteiger partial charge in [0.15, 0.2) is 6.61 Å². The number of benzene rings is 1. The molecule has 0 saturated heterocycles. The fraction of sp³-hybridized carbons (Fsp3) is 0.0625. The summed E-state index contributed by atoms with van der Waals surface area (Å²) in [7, 11) is 0. The van der Waals surface area contributed by atoms with Crippen LogP contribution >= 0.6 is 15.9 Å². The second-order valence-corrected chi connectivity index (χ2v) is 5.65. The molecule has 0 bridgehead atoms. The number of H-pyrrole nitrogens is 1. The van der Waals surface area contributed by atoms with Crippen LogP contribution in [-0.4, -0.2) is 28.5 Å². The van der Waals surface area contributed by atoms with Crippen LogP contribution in [0.4, 0.5) is 5.69 Å². The van der Waals surface area contributed by atoms with Crippen molar-refractivity contribution in [1.82, 2.24) is 9.97 Å². The number of anilines is 1. The molecule has 7 heteroatoms. The Labute approximate surface area is 140 Å². The minimum Gasteiger partial charge on any atom is -0.451 e. The van der Waals surface area contributed by atoms with E-state index in [1.165, 1.54) is 0 Å². The molecule has 3 aromatic rings. The van der Waals surface area contributed by atoms with Crippen LogP contribution in [0.3, 0.4) is 0 Å². The zero-order chi connectivity index (χ0) is 16.2. The molecule has 2 heterocycles. The lowest BCUT2D eigenvalue weighted by atomic mass is 10.2. The first-order valence-corrected chi connectivity index (χ1v) is 7.57. The third kappa shape index (κ3) is 3.57. The molecule has 1 amide bonds. The molecule has 23 heavy (non-hydrogen) atoms. The molecule has 0 spiro atoms. The maximum Gasteiger partial charge on any atom is 0.355 e. The fourth-order valence-electron chi connectivity index (χ4n) is 2.09. The van der Waals surface area contributed by atoms with Crippen LogP contribution in [0, 0.1) is 0 Å². The minimum absolute atomic E-state index is 0.277. The molecule has 0 aliphatic rings. The van der Waals surface area contributed by atoms with E-state index in [0.717, 1.165) is 15.4 Å². The molecule has 2 aromatic heterocycles. The monoisotopic (exact) mass is 373 g/mol. The molecular formula is C16H12BrN3O3. The fourth-order valence-corrected chi connectivity index (χ4v) is 2.44. The number of aromatic nitrogens is 2. The quantitative estimate of drug-likeness (QED) is 0.688. The van der Waals surface area contributed by atoms with Crippen molar-refractivity contribution in [3.8, 4) is 0 Å². The lowest BCUT2D eigenvalue weighted by Gasteiger charge is -2.08. The molecule has 0 aliphatic carbocycles. The number of hydrogen-bond donors (Lipinski definition) is 2. The van der Waals surface area contributed by atoms with Gasteiger partial charge in [0.25, 0.3) is 5.91 Å². The number of ether oxygens (including phenoxy) is 1. The van der Waals surface area contributed by atoms with Crippen molar-refractivity contribution in [1.29, 1.82) is 0 Å². The van der Waals surface area contributed by atoms with Gasteiger partial charge in [0.2, 0.25) is 0 Å². The van der Waals surface area contributed by atoms with Crippen LogP contribution in [-0.2, 0) is 9.53 Å². The molecule has 0 unspecified atom stereocenters. The number of carbonyl (C=O) groups excluding carboxylic acids is 2. The Bertz CT molecular complexity index is 870. The normalized spacial score (nSPS) is 10.5. The number of halogens is 1. The highest BCUT2D eigenvalue weighted by molar-refractivity contribution is 9.10. The average Bonchev–Trinajstić information content (AvgIpc) is 2.99. The zero-order valence-corrected chi connectivity index (χ0v) is 13.5. The van der Waals surface area contributed by atoms with Crippen molar-refractivity contribution < 1.29 is 14.3 Å². The smallest absolute Gasteiger partial charge is 0.355 e. The van der Waals surface area contributed by atoms with Crippen LogP contribution in [0.25, 0.3) is 10.9 Å². The summed E-state index contributed by atoms with van der Waals surface area (Å²) in [6.45, 7) is -0.369. The number of amides is 1. The minimum atomic E-state index is -0.592. The largest absolute Gasteiger partial charge is 0.451 e. The molecule has 0 saturated carbocycles. The number of esters is 1. The molecule has 0 aliphatic heterocycles. The number of aromatic amines is 1. The maximum absolute atomic E-state index is 12.0. The van der Waals surface area contributed by atoms with E-state index in [1.54, 1.807) is 36.7 Å². The van der Waals surface area contributed by atoms with Gasteiger partial charge in [-0.05, 0) is 46.3 Å². The van der Waals surface area contributed by atoms with E-state index >= 15 is 0 Å². The topological polar surface area (TPSA) is 84.1 Å². The molecule has 116 valence electrons. The maximum atomic E-state index is 12.0. The third-order valence-electron chi connectivity index (χ3n) is 3.12. The lowest BCUT2D eigenvalue weighted by Crippen LogP contribution is -2.21. The molecule has 3 rings (SSSR count). The van der Waals surface area contributed by atoms with E-state index in [4.69, 9.17) is 4.74 Å². The predicted octanol–water partition coefficient (Wildman–Crippen LogP) is 3.12. The molecule has 0 radical (unpaired) electrons. The lowest BCUT2D eigenvalue weighted by molar-refractivity contribution is -0.119. The standard InChI is InChI=1S/C16H12BrN3O3/c17-10-7-14(19-8-10)16(22)23-9-15(21)20-13-5-1-4-12-11(13)3-2-6-18-12/h1-8,19H,9H2,(H,20,21). The number of fused-ring (bicyclic) bond motifs is 1. The van der Waals surface area contributed by atoms with Crippen molar-refractivity contribution in [2.75, 3.05) is 11.9 Å². The zero-order valence-electron chi connectivity index (χ0n) is 11.9. The SMILES string of the molecule is O=C(COC(=O)c1cc(Br)c[nH]1)Nc1cccc2ncccc12. The highest BCUT2D eigenvalue weighted by Crippen LogP contribution is 2.21. The van der Waals surface area contributed by atoms with Crippen molar-refractivity contribution in [2.45, 2.75) is 0 Å². The van der Waals surface area contributed by atoms with Crippen LogP contribution < -0.4 is 5.32 Å². The Morgan fingerprint density at radius 2 is 2.13 bits per heavy atom. The predicted molar refractivity (Wildman–Crippen MR) is 89.1 cm³/mol. The molecule has 2 N–H and O–H groups in total. The van der Waals surface area contributed by atoms with E-state index in [-0.39, 0.29) is 12.3 Å². The van der Waals surface area contributed by atoms with E-state index in [2.05, 4.69) is 31.2 Å². The van der Waals surface area contributed by atoms with Crippen LogP contribution in [0.2, 0.25) is 0 Å². The second kappa shape index (κ2) is 6.62. The molecular weight excluding hydrogens is 362 g/mol. The van der Waals surface area contributed by atoms with Crippen LogP contribution in [0.5, 0.6) is 0 Å². The van der Waals surface area contributed by atoms with Gasteiger partial charge in [-0.15, -0.1) is 0 Å². The summed E-state index contributed by atoms with van der Waals surface area (Å²) >= 11 is 3.22. The number of nitrogens with zero attached hydrogens (tertiary/aromatic N) is 1. The molecule has 0 fully saturated rings. The van der Waals surface area contributed by atoms with E-state index in [9.17, 15) is 9.59 Å². The number of hydrogen-bond acceptors (Lipinski definition) is 4. The number of rotatable bonds is 4. The Morgan fingerprint density at radius 1 is 1.26 bits per heavy atom. The highest BCUT2D eigenvalue weighted by atomic mass is 79.9. The van der Waals surface area contributed by atoms with E-state index in [0.29, 0.717) is 5.69 Å². The van der Waals surface area contributed by atoms with Crippen LogP contribution in [0.15, 0.2) is 53.3 Å². The first kappa shape index (κ1) is 15.2. The third-order valence-corrected chi connectivity index (χ3v) is 3.58. The first-order chi connectivity index (χ1) is 11.1. The Hall–Kier alpha value is -2.67. The second-order valence-electron chi connectivity index (χ2n) is 4.73. The first-order valence-electron chi connectivity index (χ1n) is 6.78. The Kier molecular flexibility index (Phi) is 4.38. The van der Waals surface area contributed by atoms with Crippen molar-refractivity contribution in [2.24, 2.45) is 0 Å². The van der Waals surface area contributed by atoms with E-state index in [1.807, 2.05) is 12.1 Å². The van der Waals surface area contributed by atoms with Gasteiger partial charge in [0.1, 0.15) is 5.69 Å². The summed E-state index contributed by atoms with van der Waals surface area (Å²) in [6.07, 6.45) is 3.30. The summed E-state index contributed by atoms with van der Waals surface area (Å²) in [5.74, 6) is -1.01. The Morgan fingerprint density at radius 3 is 2.91 bits per heavy atom. The highest BCUT2D eigenvalue weighted by Gasteiger charge is 2.12. The number of nitrogens with one attached hydrogen (secondary N) is 2. The molecule has 0 atom stereocenters. The summed E-state index contributed by atoms with van der Waals surface area (Å²) < 4.78 is 5.70. The van der Waals surface area contributed by atoms with Crippen molar-refractivity contribution in [3.05, 3.63) is 59.0 Å². The van der Waals surface area contributed by atoms with Crippen LogP contribution in [0.1, 0.15) is 10.5 Å². The number of pyridine rings is 1. The summed E-state index contributed by atoms with van der Waals surface area (Å²) in [5.41, 5.74) is 1.68. The summed E-state index contributed by atoms with van der Waals surface area (Å²) in [5, 5.41) is 3.54. The molecule has 1 aromatic carbocycles. The van der Waals surface area contributed by atoms with Gasteiger partial charge in [0, 0.05) is 22.3 Å². The summed E-state index contributed by atoms with van der Waals surface area (Å²) in [4.78, 5) is 30.7.